The van der Waals surface area contributed by atoms with E-state index in [4.69, 9.17) is 9.47 Å². The molecular weight excluding hydrogens is 438 g/mol. The Balaban J connectivity index is 1.73. The zero-order valence-electron chi connectivity index (χ0n) is 18.4. The summed E-state index contributed by atoms with van der Waals surface area (Å²) in [6, 6.07) is 18.0. The smallest absolute Gasteiger partial charge is 0.311 e. The summed E-state index contributed by atoms with van der Waals surface area (Å²) in [6.07, 6.45) is 0.172. The van der Waals surface area contributed by atoms with E-state index in [0.717, 1.165) is 5.56 Å². The molecule has 34 heavy (non-hydrogen) atoms. The molecule has 2 amide bonds. The van der Waals surface area contributed by atoms with Gasteiger partial charge in [-0.3, -0.25) is 19.7 Å². The van der Waals surface area contributed by atoms with Crippen molar-refractivity contribution in [3.8, 4) is 17.2 Å². The molecule has 9 heteroatoms. The van der Waals surface area contributed by atoms with Gasteiger partial charge < -0.3 is 20.1 Å². The van der Waals surface area contributed by atoms with E-state index in [1.807, 2.05) is 30.3 Å². The number of nitro groups is 1. The zero-order chi connectivity index (χ0) is 24.1. The van der Waals surface area contributed by atoms with E-state index in [1.54, 1.807) is 24.3 Å². The number of nitrogens with zero attached hydrogens (tertiary/aromatic N) is 1. The molecule has 3 aromatic carbocycles. The van der Waals surface area contributed by atoms with Crippen LogP contribution in [0.5, 0.6) is 17.2 Å². The predicted molar refractivity (Wildman–Crippen MR) is 124 cm³/mol. The molecule has 1 atom stereocenters. The lowest BCUT2D eigenvalue weighted by molar-refractivity contribution is -0.385. The first kappa shape index (κ1) is 22.8. The zero-order valence-corrected chi connectivity index (χ0v) is 18.4. The molecule has 3 aromatic rings. The van der Waals surface area contributed by atoms with E-state index >= 15 is 0 Å². The number of carbonyl (C=O) groups excluding carboxylic acids is 2. The summed E-state index contributed by atoms with van der Waals surface area (Å²) >= 11 is 0. The molecule has 174 valence electrons. The molecule has 0 saturated carbocycles. The maximum atomic E-state index is 13.0. The number of hydrogen-bond donors (Lipinski definition) is 2. The topological polar surface area (TPSA) is 120 Å². The van der Waals surface area contributed by atoms with E-state index in [1.165, 1.54) is 19.2 Å². The van der Waals surface area contributed by atoms with Crippen LogP contribution in [0.15, 0.2) is 66.7 Å². The molecule has 2 aliphatic rings. The van der Waals surface area contributed by atoms with Gasteiger partial charge in [0.15, 0.2) is 11.5 Å². The van der Waals surface area contributed by atoms with Crippen molar-refractivity contribution in [2.24, 2.45) is 0 Å². The molecule has 4 bridgehead atoms. The van der Waals surface area contributed by atoms with Gasteiger partial charge in [-0.2, -0.15) is 0 Å². The summed E-state index contributed by atoms with van der Waals surface area (Å²) in [5.41, 5.74) is 1.73. The number of amides is 2. The molecule has 2 N–H and O–H groups in total. The summed E-state index contributed by atoms with van der Waals surface area (Å²) in [5, 5.41) is 17.3. The number of nitro benzene ring substituents is 1. The third kappa shape index (κ3) is 5.32. The van der Waals surface area contributed by atoms with Crippen LogP contribution < -0.4 is 20.1 Å². The largest absolute Gasteiger partial charge is 0.493 e. The quantitative estimate of drug-likeness (QED) is 0.454. The number of hydrogen-bond acceptors (Lipinski definition) is 6. The second-order valence-electron chi connectivity index (χ2n) is 7.85. The van der Waals surface area contributed by atoms with Gasteiger partial charge in [0, 0.05) is 19.0 Å². The maximum absolute atomic E-state index is 13.0. The van der Waals surface area contributed by atoms with Crippen molar-refractivity contribution in [1.29, 1.82) is 0 Å². The van der Waals surface area contributed by atoms with Crippen molar-refractivity contribution in [2.45, 2.75) is 25.4 Å². The second kappa shape index (κ2) is 10.0. The highest BCUT2D eigenvalue weighted by atomic mass is 16.6. The van der Waals surface area contributed by atoms with Crippen molar-refractivity contribution < 1.29 is 24.0 Å². The third-order valence-electron chi connectivity index (χ3n) is 5.43. The molecule has 0 spiro atoms. The Morgan fingerprint density at radius 3 is 2.53 bits per heavy atom. The van der Waals surface area contributed by atoms with Crippen molar-refractivity contribution in [3.05, 3.63) is 93.5 Å². The fraction of sp³-hybridized carbons (Fsp3) is 0.200. The molecule has 0 radical (unpaired) electrons. The molecule has 0 unspecified atom stereocenters. The summed E-state index contributed by atoms with van der Waals surface area (Å²) in [4.78, 5) is 36.9. The van der Waals surface area contributed by atoms with Gasteiger partial charge in [0.2, 0.25) is 17.6 Å². The monoisotopic (exact) mass is 461 g/mol. The Morgan fingerprint density at radius 2 is 1.79 bits per heavy atom. The fourth-order valence-corrected chi connectivity index (χ4v) is 3.73. The van der Waals surface area contributed by atoms with Crippen LogP contribution in [0.1, 0.15) is 16.7 Å². The van der Waals surface area contributed by atoms with E-state index < -0.39 is 16.9 Å². The van der Waals surface area contributed by atoms with Crippen LogP contribution in [0.4, 0.5) is 5.69 Å². The van der Waals surface area contributed by atoms with E-state index in [-0.39, 0.29) is 36.1 Å². The minimum absolute atomic E-state index is 0.0190. The first-order chi connectivity index (χ1) is 16.4. The van der Waals surface area contributed by atoms with Crippen molar-refractivity contribution in [2.75, 3.05) is 7.11 Å². The lowest BCUT2D eigenvalue weighted by Gasteiger charge is -2.19. The van der Waals surface area contributed by atoms with Crippen LogP contribution in [0.2, 0.25) is 0 Å². The molecule has 2 aliphatic heterocycles. The number of methoxy groups -OCH3 is 1. The molecule has 0 fully saturated rings. The molecule has 0 aromatic heterocycles. The fourth-order valence-electron chi connectivity index (χ4n) is 3.73. The molecule has 0 aliphatic carbocycles. The number of benzene rings is 3. The van der Waals surface area contributed by atoms with Crippen molar-refractivity contribution >= 4 is 17.5 Å². The highest BCUT2D eigenvalue weighted by molar-refractivity contribution is 5.88. The number of nitrogens with one attached hydrogen (secondary N) is 2. The van der Waals surface area contributed by atoms with Gasteiger partial charge >= 0.3 is 5.69 Å². The standard InChI is InChI=1S/C25H23N3O6/c1-33-22-10-8-18-13-23(22)34-21-9-7-17(12-20(21)28(31)32)14-24(29)27-19(25(30)26-15-18)11-16-5-3-2-4-6-16/h2-10,12-13,19H,11,14-15H2,1H3,(H,26,30)(H,27,29)/t19-/m1/s1. The summed E-state index contributed by atoms with van der Waals surface area (Å²) < 4.78 is 11.2. The minimum Gasteiger partial charge on any atom is -0.493 e. The van der Waals surface area contributed by atoms with Gasteiger partial charge in [-0.05, 0) is 34.9 Å². The average Bonchev–Trinajstić information content (AvgIpc) is 2.83. The van der Waals surface area contributed by atoms with Gasteiger partial charge in [-0.1, -0.05) is 42.5 Å². The van der Waals surface area contributed by atoms with Crippen LogP contribution in [-0.2, 0) is 29.0 Å². The molecule has 2 heterocycles. The van der Waals surface area contributed by atoms with Crippen LogP contribution in [0.3, 0.4) is 0 Å². The lowest BCUT2D eigenvalue weighted by Crippen LogP contribution is -2.48. The second-order valence-corrected chi connectivity index (χ2v) is 7.85. The third-order valence-corrected chi connectivity index (χ3v) is 5.43. The van der Waals surface area contributed by atoms with Gasteiger partial charge in [-0.25, -0.2) is 0 Å². The first-order valence-electron chi connectivity index (χ1n) is 10.7. The number of rotatable bonds is 4. The van der Waals surface area contributed by atoms with Crippen LogP contribution in [0, 0.1) is 10.1 Å². The summed E-state index contributed by atoms with van der Waals surface area (Å²) in [5.74, 6) is -0.0840. The Bertz CT molecular complexity index is 1230. The summed E-state index contributed by atoms with van der Waals surface area (Å²) in [6.45, 7) is 0.167. The lowest BCUT2D eigenvalue weighted by atomic mass is 10.0. The Kier molecular flexibility index (Phi) is 6.72. The average molecular weight is 461 g/mol. The van der Waals surface area contributed by atoms with E-state index in [0.29, 0.717) is 23.3 Å². The van der Waals surface area contributed by atoms with Crippen LogP contribution >= 0.6 is 0 Å². The number of fused-ring (bicyclic) bond motifs is 8. The highest BCUT2D eigenvalue weighted by Gasteiger charge is 2.24. The minimum atomic E-state index is -0.816. The van der Waals surface area contributed by atoms with Gasteiger partial charge in [-0.15, -0.1) is 0 Å². The summed E-state index contributed by atoms with van der Waals surface area (Å²) in [7, 11) is 1.47. The Morgan fingerprint density at radius 1 is 1.03 bits per heavy atom. The van der Waals surface area contributed by atoms with Crippen molar-refractivity contribution in [3.63, 3.8) is 0 Å². The van der Waals surface area contributed by atoms with E-state index in [2.05, 4.69) is 10.6 Å². The van der Waals surface area contributed by atoms with Crippen LogP contribution in [-0.4, -0.2) is 29.9 Å². The van der Waals surface area contributed by atoms with Gasteiger partial charge in [0.25, 0.3) is 0 Å². The van der Waals surface area contributed by atoms with Gasteiger partial charge in [0.05, 0.1) is 18.5 Å². The van der Waals surface area contributed by atoms with Gasteiger partial charge in [0.1, 0.15) is 6.04 Å². The molecular formula is C25H23N3O6. The Hall–Kier alpha value is -4.40. The molecule has 5 rings (SSSR count). The SMILES string of the molecule is COc1ccc2cc1Oc1ccc(cc1[N+](=O)[O-])CC(=O)N[C@H](Cc1ccccc1)C(=O)NC2. The van der Waals surface area contributed by atoms with E-state index in [9.17, 15) is 19.7 Å². The van der Waals surface area contributed by atoms with Crippen LogP contribution in [0.25, 0.3) is 0 Å². The van der Waals surface area contributed by atoms with Crippen molar-refractivity contribution in [1.82, 2.24) is 10.6 Å². The normalized spacial score (nSPS) is 15.9. The number of ether oxygens (including phenoxy) is 2. The first-order valence-corrected chi connectivity index (χ1v) is 10.7. The highest BCUT2D eigenvalue weighted by Crippen LogP contribution is 2.37. The molecule has 0 saturated heterocycles. The molecule has 9 nitrogen and oxygen atoms in total. The predicted octanol–water partition coefficient (Wildman–Crippen LogP) is 3.30. The number of carbonyl (C=O) groups is 2. The Labute approximate surface area is 195 Å². The maximum Gasteiger partial charge on any atom is 0.311 e.